The molecule has 12 heavy (non-hydrogen) atoms. The second-order valence-electron chi connectivity index (χ2n) is 2.32. The summed E-state index contributed by atoms with van der Waals surface area (Å²) in [6.45, 7) is 0.539. The first-order valence-corrected chi connectivity index (χ1v) is 3.65. The molecule has 0 aliphatic carbocycles. The molecule has 1 rings (SSSR count). The molecule has 66 valence electrons. The SMILES string of the molecule is COCn1cnc(/C=C/CO)c1. The summed E-state index contributed by atoms with van der Waals surface area (Å²) >= 11 is 0. The van der Waals surface area contributed by atoms with E-state index >= 15 is 0 Å². The van der Waals surface area contributed by atoms with Crippen molar-refractivity contribution in [2.24, 2.45) is 0 Å². The van der Waals surface area contributed by atoms with E-state index in [4.69, 9.17) is 9.84 Å². The molecule has 0 atom stereocenters. The molecular weight excluding hydrogens is 156 g/mol. The quantitative estimate of drug-likeness (QED) is 0.711. The van der Waals surface area contributed by atoms with Crippen molar-refractivity contribution in [1.82, 2.24) is 9.55 Å². The third-order valence-corrected chi connectivity index (χ3v) is 1.33. The number of methoxy groups -OCH3 is 1. The van der Waals surface area contributed by atoms with Gasteiger partial charge in [-0.15, -0.1) is 0 Å². The number of ether oxygens (including phenoxy) is 1. The Hall–Kier alpha value is -1.13. The molecule has 1 aromatic heterocycles. The highest BCUT2D eigenvalue weighted by Crippen LogP contribution is 1.98. The third kappa shape index (κ3) is 2.48. The fraction of sp³-hybridized carbons (Fsp3) is 0.375. The highest BCUT2D eigenvalue weighted by molar-refractivity contribution is 5.42. The lowest BCUT2D eigenvalue weighted by atomic mass is 10.4. The zero-order valence-electron chi connectivity index (χ0n) is 6.97. The molecule has 1 heterocycles. The number of aliphatic hydroxyl groups excluding tert-OH is 1. The van der Waals surface area contributed by atoms with Crippen LogP contribution in [-0.4, -0.2) is 28.4 Å². The first kappa shape index (κ1) is 8.96. The fourth-order valence-corrected chi connectivity index (χ4v) is 0.857. The first-order valence-electron chi connectivity index (χ1n) is 3.65. The lowest BCUT2D eigenvalue weighted by Crippen LogP contribution is -1.94. The molecule has 0 fully saturated rings. The molecule has 1 N–H and O–H groups in total. The van der Waals surface area contributed by atoms with Gasteiger partial charge in [-0.25, -0.2) is 4.98 Å². The van der Waals surface area contributed by atoms with Gasteiger partial charge in [0.05, 0.1) is 18.6 Å². The minimum Gasteiger partial charge on any atom is -0.392 e. The Balaban J connectivity index is 2.57. The predicted octanol–water partition coefficient (Wildman–Crippen LogP) is 0.493. The summed E-state index contributed by atoms with van der Waals surface area (Å²) in [6.07, 6.45) is 6.92. The molecule has 0 spiro atoms. The van der Waals surface area contributed by atoms with Crippen LogP contribution in [0.25, 0.3) is 6.08 Å². The van der Waals surface area contributed by atoms with Crippen LogP contribution in [0.3, 0.4) is 0 Å². The maximum atomic E-state index is 8.49. The van der Waals surface area contributed by atoms with Gasteiger partial charge in [0.2, 0.25) is 0 Å². The summed E-state index contributed by atoms with van der Waals surface area (Å²) in [5, 5.41) is 8.49. The van der Waals surface area contributed by atoms with Crippen molar-refractivity contribution in [3.8, 4) is 0 Å². The zero-order valence-corrected chi connectivity index (χ0v) is 6.97. The maximum Gasteiger partial charge on any atom is 0.123 e. The van der Waals surface area contributed by atoms with Gasteiger partial charge in [0, 0.05) is 13.3 Å². The van der Waals surface area contributed by atoms with E-state index in [2.05, 4.69) is 4.98 Å². The fourth-order valence-electron chi connectivity index (χ4n) is 0.857. The Morgan fingerprint density at radius 2 is 2.58 bits per heavy atom. The van der Waals surface area contributed by atoms with Gasteiger partial charge in [0.25, 0.3) is 0 Å². The average Bonchev–Trinajstić information content (AvgIpc) is 2.50. The molecule has 0 radical (unpaired) electrons. The molecule has 0 aliphatic rings. The summed E-state index contributed by atoms with van der Waals surface area (Å²) in [5.41, 5.74) is 0.820. The van der Waals surface area contributed by atoms with E-state index in [0.29, 0.717) is 6.73 Å². The highest BCUT2D eigenvalue weighted by Gasteiger charge is 1.92. The Morgan fingerprint density at radius 1 is 1.75 bits per heavy atom. The van der Waals surface area contributed by atoms with Crippen molar-refractivity contribution in [3.05, 3.63) is 24.3 Å². The number of hydrogen-bond acceptors (Lipinski definition) is 3. The Morgan fingerprint density at radius 3 is 3.25 bits per heavy atom. The van der Waals surface area contributed by atoms with E-state index < -0.39 is 0 Å². The number of nitrogens with zero attached hydrogens (tertiary/aromatic N) is 2. The van der Waals surface area contributed by atoms with E-state index in [-0.39, 0.29) is 6.61 Å². The van der Waals surface area contributed by atoms with Crippen LogP contribution in [0, 0.1) is 0 Å². The van der Waals surface area contributed by atoms with Crippen LogP contribution in [0.15, 0.2) is 18.6 Å². The van der Waals surface area contributed by atoms with Crippen LogP contribution in [0.1, 0.15) is 5.69 Å². The van der Waals surface area contributed by atoms with Crippen molar-refractivity contribution < 1.29 is 9.84 Å². The van der Waals surface area contributed by atoms with Gasteiger partial charge in [-0.1, -0.05) is 6.08 Å². The molecule has 4 heteroatoms. The van der Waals surface area contributed by atoms with E-state index in [1.54, 1.807) is 25.6 Å². The van der Waals surface area contributed by atoms with Crippen molar-refractivity contribution in [3.63, 3.8) is 0 Å². The smallest absolute Gasteiger partial charge is 0.123 e. The summed E-state index contributed by atoms with van der Waals surface area (Å²) in [7, 11) is 1.63. The van der Waals surface area contributed by atoms with Gasteiger partial charge in [-0.2, -0.15) is 0 Å². The monoisotopic (exact) mass is 168 g/mol. The van der Waals surface area contributed by atoms with Gasteiger partial charge < -0.3 is 14.4 Å². The van der Waals surface area contributed by atoms with E-state index in [9.17, 15) is 0 Å². The van der Waals surface area contributed by atoms with Crippen molar-refractivity contribution >= 4 is 6.08 Å². The van der Waals surface area contributed by atoms with Crippen LogP contribution < -0.4 is 0 Å². The van der Waals surface area contributed by atoms with E-state index in [0.717, 1.165) is 5.69 Å². The second-order valence-corrected chi connectivity index (χ2v) is 2.32. The standard InChI is InChI=1S/C8H12N2O2/c1-12-7-10-5-8(9-6-10)3-2-4-11/h2-3,5-6,11H,4,7H2,1H3/b3-2+. The van der Waals surface area contributed by atoms with E-state index in [1.165, 1.54) is 0 Å². The summed E-state index contributed by atoms with van der Waals surface area (Å²) < 4.78 is 6.71. The second kappa shape index (κ2) is 4.69. The highest BCUT2D eigenvalue weighted by atomic mass is 16.5. The number of rotatable bonds is 4. The summed E-state index contributed by atoms with van der Waals surface area (Å²) in [5.74, 6) is 0. The predicted molar refractivity (Wildman–Crippen MR) is 45.4 cm³/mol. The van der Waals surface area contributed by atoms with Gasteiger partial charge in [0.1, 0.15) is 6.73 Å². The van der Waals surface area contributed by atoms with Crippen LogP contribution in [-0.2, 0) is 11.5 Å². The number of hydrogen-bond donors (Lipinski definition) is 1. The van der Waals surface area contributed by atoms with Gasteiger partial charge in [-0.3, -0.25) is 0 Å². The summed E-state index contributed by atoms with van der Waals surface area (Å²) in [6, 6.07) is 0. The largest absolute Gasteiger partial charge is 0.392 e. The molecule has 0 amide bonds. The molecule has 4 nitrogen and oxygen atoms in total. The number of aromatic nitrogens is 2. The molecule has 0 saturated heterocycles. The average molecular weight is 168 g/mol. The molecule has 0 saturated carbocycles. The molecule has 0 aliphatic heterocycles. The van der Waals surface area contributed by atoms with Crippen LogP contribution in [0.2, 0.25) is 0 Å². The molecule has 0 aromatic carbocycles. The normalized spacial score (nSPS) is 11.2. The van der Waals surface area contributed by atoms with Gasteiger partial charge >= 0.3 is 0 Å². The van der Waals surface area contributed by atoms with Crippen LogP contribution in [0.5, 0.6) is 0 Å². The molecule has 0 unspecified atom stereocenters. The van der Waals surface area contributed by atoms with Gasteiger partial charge in [-0.05, 0) is 6.08 Å². The van der Waals surface area contributed by atoms with Crippen molar-refractivity contribution in [1.29, 1.82) is 0 Å². The van der Waals surface area contributed by atoms with Crippen molar-refractivity contribution in [2.75, 3.05) is 13.7 Å². The molecule has 0 bridgehead atoms. The van der Waals surface area contributed by atoms with Crippen LogP contribution >= 0.6 is 0 Å². The van der Waals surface area contributed by atoms with Gasteiger partial charge in [0.15, 0.2) is 0 Å². The molecule has 1 aromatic rings. The maximum absolute atomic E-state index is 8.49. The molecular formula is C8H12N2O2. The van der Waals surface area contributed by atoms with E-state index in [1.807, 2.05) is 10.8 Å². The van der Waals surface area contributed by atoms with Crippen molar-refractivity contribution in [2.45, 2.75) is 6.73 Å². The topological polar surface area (TPSA) is 47.3 Å². The Bertz CT molecular complexity index is 255. The Kier molecular flexibility index (Phi) is 3.50. The zero-order chi connectivity index (χ0) is 8.81. The lowest BCUT2D eigenvalue weighted by molar-refractivity contribution is 0.131. The lowest BCUT2D eigenvalue weighted by Gasteiger charge is -1.95. The minimum atomic E-state index is 0.0388. The first-order chi connectivity index (χ1) is 5.86. The number of aliphatic hydroxyl groups is 1. The minimum absolute atomic E-state index is 0.0388. The van der Waals surface area contributed by atoms with Crippen LogP contribution in [0.4, 0.5) is 0 Å². The number of imidazole rings is 1. The Labute approximate surface area is 71.1 Å². The third-order valence-electron chi connectivity index (χ3n) is 1.33. The summed E-state index contributed by atoms with van der Waals surface area (Å²) in [4.78, 5) is 4.06.